The molecule has 1 atom stereocenters. The predicted molar refractivity (Wildman–Crippen MR) is 138 cm³/mol. The molecule has 6 rings (SSSR count). The number of hydrogen-bond acceptors (Lipinski definition) is 6. The van der Waals surface area contributed by atoms with Gasteiger partial charge >= 0.3 is 0 Å². The van der Waals surface area contributed by atoms with E-state index in [9.17, 15) is 4.79 Å². The average Bonchev–Trinajstić information content (AvgIpc) is 3.56. The van der Waals surface area contributed by atoms with Crippen molar-refractivity contribution in [2.45, 2.75) is 38.3 Å². The lowest BCUT2D eigenvalue weighted by atomic mass is 10.0. The van der Waals surface area contributed by atoms with E-state index in [-0.39, 0.29) is 11.9 Å². The van der Waals surface area contributed by atoms with E-state index in [0.29, 0.717) is 29.7 Å². The van der Waals surface area contributed by atoms with Crippen LogP contribution in [0.1, 0.15) is 36.0 Å². The van der Waals surface area contributed by atoms with Crippen molar-refractivity contribution in [2.75, 3.05) is 27.3 Å². The molecule has 0 bridgehead atoms. The minimum atomic E-state index is -0.0308. The lowest BCUT2D eigenvalue weighted by Crippen LogP contribution is -2.45. The summed E-state index contributed by atoms with van der Waals surface area (Å²) in [7, 11) is 5.26. The second-order valence-electron chi connectivity index (χ2n) is 10.0. The zero-order valence-electron chi connectivity index (χ0n) is 21.0. The van der Waals surface area contributed by atoms with Crippen LogP contribution in [0, 0.1) is 5.92 Å². The first-order valence-electron chi connectivity index (χ1n) is 12.6. The van der Waals surface area contributed by atoms with Crippen molar-refractivity contribution >= 4 is 28.0 Å². The molecule has 1 aliphatic carbocycles. The molecule has 0 radical (unpaired) electrons. The van der Waals surface area contributed by atoms with Crippen molar-refractivity contribution in [3.8, 4) is 23.1 Å². The van der Waals surface area contributed by atoms with E-state index in [0.717, 1.165) is 59.5 Å². The van der Waals surface area contributed by atoms with Gasteiger partial charge in [0.1, 0.15) is 16.9 Å². The highest BCUT2D eigenvalue weighted by Crippen LogP contribution is 2.38. The number of aromatic nitrogens is 4. The van der Waals surface area contributed by atoms with E-state index in [2.05, 4.69) is 10.6 Å². The average molecular weight is 489 g/mol. The molecule has 0 spiro atoms. The molecule has 3 aromatic heterocycles. The smallest absolute Gasteiger partial charge is 0.254 e. The van der Waals surface area contributed by atoms with Crippen LogP contribution in [0.5, 0.6) is 11.6 Å². The first kappa shape index (κ1) is 22.8. The minimum absolute atomic E-state index is 0.0235. The van der Waals surface area contributed by atoms with Gasteiger partial charge in [0, 0.05) is 49.7 Å². The fourth-order valence-electron chi connectivity index (χ4n) is 5.35. The van der Waals surface area contributed by atoms with E-state index in [1.54, 1.807) is 14.2 Å². The van der Waals surface area contributed by atoms with E-state index < -0.39 is 0 Å². The Balaban J connectivity index is 1.48. The quantitative estimate of drug-likeness (QED) is 0.445. The fourth-order valence-corrected chi connectivity index (χ4v) is 5.35. The summed E-state index contributed by atoms with van der Waals surface area (Å²) >= 11 is 0. The highest BCUT2D eigenvalue weighted by atomic mass is 16.5. The van der Waals surface area contributed by atoms with Crippen molar-refractivity contribution in [3.63, 3.8) is 0 Å². The molecule has 36 heavy (non-hydrogen) atoms. The zero-order valence-corrected chi connectivity index (χ0v) is 21.0. The van der Waals surface area contributed by atoms with Gasteiger partial charge in [0.2, 0.25) is 5.88 Å². The maximum absolute atomic E-state index is 13.3. The Morgan fingerprint density at radius 3 is 2.67 bits per heavy atom. The predicted octanol–water partition coefficient (Wildman–Crippen LogP) is 3.58. The van der Waals surface area contributed by atoms with Gasteiger partial charge in [0.15, 0.2) is 5.82 Å². The molecule has 9 heteroatoms. The Kier molecular flexibility index (Phi) is 5.59. The Morgan fingerprint density at radius 2 is 1.94 bits per heavy atom. The molecule has 2 aliphatic rings. The number of pyridine rings is 1. The Hall–Kier alpha value is -3.59. The number of imidazole rings is 1. The molecule has 4 aromatic rings. The lowest BCUT2D eigenvalue weighted by molar-refractivity contribution is 0.0708. The third kappa shape index (κ3) is 3.87. The number of nitrogens with two attached hydrogens (primary N) is 1. The largest absolute Gasteiger partial charge is 0.494 e. The summed E-state index contributed by atoms with van der Waals surface area (Å²) in [6, 6.07) is 9.78. The van der Waals surface area contributed by atoms with Crippen molar-refractivity contribution in [3.05, 3.63) is 35.9 Å². The second kappa shape index (κ2) is 8.81. The number of ether oxygens (including phenoxy) is 2. The number of benzene rings is 1. The Bertz CT molecular complexity index is 1470. The molecule has 1 aliphatic heterocycles. The molecular weight excluding hydrogens is 456 g/mol. The molecule has 1 saturated carbocycles. The molecule has 2 N–H and O–H groups in total. The van der Waals surface area contributed by atoms with Gasteiger partial charge in [-0.25, -0.2) is 4.98 Å². The van der Waals surface area contributed by atoms with Crippen LogP contribution < -0.4 is 15.2 Å². The van der Waals surface area contributed by atoms with Crippen LogP contribution in [-0.2, 0) is 13.6 Å². The number of hydrogen-bond donors (Lipinski definition) is 1. The van der Waals surface area contributed by atoms with Crippen LogP contribution >= 0.6 is 0 Å². The number of rotatable bonds is 6. The van der Waals surface area contributed by atoms with Gasteiger partial charge in [-0.2, -0.15) is 4.98 Å². The van der Waals surface area contributed by atoms with Crippen LogP contribution in [0.25, 0.3) is 33.6 Å². The second-order valence-corrected chi connectivity index (χ2v) is 10.0. The van der Waals surface area contributed by atoms with Crippen molar-refractivity contribution in [2.24, 2.45) is 18.7 Å². The number of amides is 1. The number of carbonyl (C=O) groups excluding carboxylic acids is 1. The lowest BCUT2D eigenvalue weighted by Gasteiger charge is -2.30. The summed E-state index contributed by atoms with van der Waals surface area (Å²) in [5, 5.41) is 1.04. The van der Waals surface area contributed by atoms with Crippen molar-refractivity contribution in [1.82, 2.24) is 24.0 Å². The van der Waals surface area contributed by atoms with E-state index in [4.69, 9.17) is 25.2 Å². The normalized spacial score (nSPS) is 18.2. The van der Waals surface area contributed by atoms with Crippen LogP contribution in [0.3, 0.4) is 0 Å². The Labute approximate surface area is 209 Å². The molecule has 188 valence electrons. The van der Waals surface area contributed by atoms with Crippen LogP contribution in [0.4, 0.5) is 0 Å². The number of fused-ring (bicyclic) bond motifs is 2. The number of nitrogens with zero attached hydrogens (tertiary/aromatic N) is 5. The SMILES string of the molecule is COc1ccc2cc(-c3nc4cc(C(=O)N5CCC[C@@H](N)C5)cc(OC)c4n3C)n(CC3CC3)c2n1. The maximum Gasteiger partial charge on any atom is 0.254 e. The number of aryl methyl sites for hydroxylation is 1. The van der Waals surface area contributed by atoms with Crippen molar-refractivity contribution < 1.29 is 14.3 Å². The molecule has 1 amide bonds. The molecule has 1 aromatic carbocycles. The number of methoxy groups -OCH3 is 2. The van der Waals surface area contributed by atoms with E-state index >= 15 is 0 Å². The molecular formula is C27H32N6O3. The van der Waals surface area contributed by atoms with Gasteiger partial charge in [0.25, 0.3) is 5.91 Å². The van der Waals surface area contributed by atoms with Gasteiger partial charge in [-0.15, -0.1) is 0 Å². The summed E-state index contributed by atoms with van der Waals surface area (Å²) in [5.74, 6) is 2.65. The van der Waals surface area contributed by atoms with Gasteiger partial charge in [-0.3, -0.25) is 4.79 Å². The van der Waals surface area contributed by atoms with Gasteiger partial charge in [0.05, 0.1) is 25.4 Å². The highest BCUT2D eigenvalue weighted by Gasteiger charge is 2.28. The highest BCUT2D eigenvalue weighted by molar-refractivity contribution is 6.00. The molecule has 1 saturated heterocycles. The zero-order chi connectivity index (χ0) is 25.0. The van der Waals surface area contributed by atoms with Crippen LogP contribution in [-0.4, -0.2) is 63.3 Å². The number of carbonyl (C=O) groups is 1. The van der Waals surface area contributed by atoms with Gasteiger partial charge in [-0.05, 0) is 55.9 Å². The molecule has 4 heterocycles. The van der Waals surface area contributed by atoms with E-state index in [1.807, 2.05) is 40.8 Å². The summed E-state index contributed by atoms with van der Waals surface area (Å²) in [6.07, 6.45) is 4.33. The number of likely N-dealkylation sites (tertiary alicyclic amines) is 1. The third-order valence-corrected chi connectivity index (χ3v) is 7.44. The van der Waals surface area contributed by atoms with Crippen LogP contribution in [0.2, 0.25) is 0 Å². The summed E-state index contributed by atoms with van der Waals surface area (Å²) in [5.41, 5.74) is 10.2. The topological polar surface area (TPSA) is 100 Å². The fraction of sp³-hybridized carbons (Fsp3) is 0.444. The first-order valence-corrected chi connectivity index (χ1v) is 12.6. The first-order chi connectivity index (χ1) is 17.5. The third-order valence-electron chi connectivity index (χ3n) is 7.44. The van der Waals surface area contributed by atoms with Crippen LogP contribution in [0.15, 0.2) is 30.3 Å². The minimum Gasteiger partial charge on any atom is -0.494 e. The maximum atomic E-state index is 13.3. The molecule has 9 nitrogen and oxygen atoms in total. The van der Waals surface area contributed by atoms with Gasteiger partial charge < -0.3 is 29.2 Å². The molecule has 2 fully saturated rings. The summed E-state index contributed by atoms with van der Waals surface area (Å²) in [4.78, 5) is 25.0. The number of piperidine rings is 1. The van der Waals surface area contributed by atoms with Crippen molar-refractivity contribution in [1.29, 1.82) is 0 Å². The standard InChI is InChI=1S/C27H32N6O3/c1-31-24-20(11-18(13-22(24)35-2)27(34)32-10-4-5-19(28)15-32)29-26(31)21-12-17-8-9-23(36-3)30-25(17)33(21)14-16-6-7-16/h8-9,11-13,16,19H,4-7,10,14-15,28H2,1-3H3/t19-/m1/s1. The monoisotopic (exact) mass is 488 g/mol. The molecule has 0 unspecified atom stereocenters. The van der Waals surface area contributed by atoms with E-state index in [1.165, 1.54) is 12.8 Å². The Morgan fingerprint density at radius 1 is 1.11 bits per heavy atom. The van der Waals surface area contributed by atoms with Gasteiger partial charge in [-0.1, -0.05) is 0 Å². The summed E-state index contributed by atoms with van der Waals surface area (Å²) in [6.45, 7) is 2.18. The summed E-state index contributed by atoms with van der Waals surface area (Å²) < 4.78 is 15.5.